The van der Waals surface area contributed by atoms with Gasteiger partial charge in [-0.1, -0.05) is 0 Å². The SMILES string of the molecule is NC(=O)Nn1cnnc1. The number of amides is 2. The lowest BCUT2D eigenvalue weighted by atomic mass is 11.1. The van der Waals surface area contributed by atoms with Gasteiger partial charge >= 0.3 is 6.03 Å². The van der Waals surface area contributed by atoms with Crippen molar-refractivity contribution < 1.29 is 4.79 Å². The molecule has 9 heavy (non-hydrogen) atoms. The van der Waals surface area contributed by atoms with E-state index in [1.807, 2.05) is 0 Å². The molecular formula is C3H5N5O. The van der Waals surface area contributed by atoms with Gasteiger partial charge in [-0.25, -0.2) is 14.9 Å². The molecule has 0 aliphatic heterocycles. The molecule has 1 rings (SSSR count). The van der Waals surface area contributed by atoms with E-state index >= 15 is 0 Å². The van der Waals surface area contributed by atoms with Crippen LogP contribution in [0, 0.1) is 0 Å². The molecule has 1 aromatic heterocycles. The molecule has 6 heteroatoms. The van der Waals surface area contributed by atoms with Gasteiger partial charge in [0, 0.05) is 0 Å². The van der Waals surface area contributed by atoms with Gasteiger partial charge in [-0.05, 0) is 0 Å². The molecule has 6 nitrogen and oxygen atoms in total. The third-order valence-electron chi connectivity index (χ3n) is 0.658. The van der Waals surface area contributed by atoms with Crippen LogP contribution in [0.3, 0.4) is 0 Å². The van der Waals surface area contributed by atoms with Gasteiger partial charge in [0.2, 0.25) is 0 Å². The van der Waals surface area contributed by atoms with E-state index in [0.29, 0.717) is 0 Å². The molecule has 0 spiro atoms. The molecule has 0 bridgehead atoms. The molecule has 0 unspecified atom stereocenters. The highest BCUT2D eigenvalue weighted by Gasteiger charge is 1.89. The molecule has 0 aromatic carbocycles. The van der Waals surface area contributed by atoms with Crippen LogP contribution in [0.1, 0.15) is 0 Å². The number of nitrogens with two attached hydrogens (primary N) is 1. The standard InChI is InChI=1S/C3H5N5O/c4-3(9)7-8-1-5-6-2-8/h1-2H,(H3,4,7,9). The molecule has 2 amide bonds. The second-order valence-electron chi connectivity index (χ2n) is 1.35. The van der Waals surface area contributed by atoms with E-state index in [4.69, 9.17) is 5.73 Å². The van der Waals surface area contributed by atoms with E-state index in [9.17, 15) is 4.79 Å². The quantitative estimate of drug-likeness (QED) is 0.502. The van der Waals surface area contributed by atoms with Crippen molar-refractivity contribution >= 4 is 6.03 Å². The molecule has 0 fully saturated rings. The van der Waals surface area contributed by atoms with Crippen LogP contribution in [0.2, 0.25) is 0 Å². The second-order valence-corrected chi connectivity index (χ2v) is 1.35. The third-order valence-corrected chi connectivity index (χ3v) is 0.658. The van der Waals surface area contributed by atoms with Gasteiger partial charge in [0.15, 0.2) is 0 Å². The Labute approximate surface area is 50.6 Å². The number of rotatable bonds is 1. The molecule has 0 aliphatic carbocycles. The minimum atomic E-state index is -0.644. The number of nitrogens with zero attached hydrogens (tertiary/aromatic N) is 3. The minimum Gasteiger partial charge on any atom is -0.350 e. The zero-order valence-electron chi connectivity index (χ0n) is 4.48. The second kappa shape index (κ2) is 2.12. The van der Waals surface area contributed by atoms with Crippen LogP contribution in [0.15, 0.2) is 12.7 Å². The highest BCUT2D eigenvalue weighted by molar-refractivity contribution is 5.79. The average Bonchev–Trinajstić information content (AvgIpc) is 2.15. The largest absolute Gasteiger partial charge is 0.350 e. The number of carbonyl (C=O) groups excluding carboxylic acids is 1. The molecule has 1 aromatic rings. The number of aromatic nitrogens is 3. The van der Waals surface area contributed by atoms with E-state index in [-0.39, 0.29) is 0 Å². The van der Waals surface area contributed by atoms with Crippen LogP contribution >= 0.6 is 0 Å². The first kappa shape index (κ1) is 5.54. The van der Waals surface area contributed by atoms with Crippen molar-refractivity contribution in [1.29, 1.82) is 0 Å². The molecule has 0 aliphatic rings. The van der Waals surface area contributed by atoms with Crippen LogP contribution in [-0.4, -0.2) is 20.9 Å². The summed E-state index contributed by atoms with van der Waals surface area (Å²) in [6.45, 7) is 0. The Balaban J connectivity index is 2.58. The van der Waals surface area contributed by atoms with Crippen molar-refractivity contribution in [3.05, 3.63) is 12.7 Å². The first-order valence-corrected chi connectivity index (χ1v) is 2.20. The fourth-order valence-corrected chi connectivity index (χ4v) is 0.386. The number of nitrogens with one attached hydrogen (secondary N) is 1. The number of primary amides is 1. The van der Waals surface area contributed by atoms with Gasteiger partial charge in [-0.2, -0.15) is 0 Å². The zero-order valence-corrected chi connectivity index (χ0v) is 4.48. The van der Waals surface area contributed by atoms with Gasteiger partial charge in [-0.15, -0.1) is 10.2 Å². The number of hydrogen-bond acceptors (Lipinski definition) is 3. The number of hydrogen-bond donors (Lipinski definition) is 2. The van der Waals surface area contributed by atoms with E-state index in [2.05, 4.69) is 15.6 Å². The molecule has 3 N–H and O–H groups in total. The van der Waals surface area contributed by atoms with Crippen molar-refractivity contribution in [3.8, 4) is 0 Å². The zero-order chi connectivity index (χ0) is 6.69. The van der Waals surface area contributed by atoms with E-state index < -0.39 is 6.03 Å². The van der Waals surface area contributed by atoms with Gasteiger partial charge in [-0.3, -0.25) is 0 Å². The van der Waals surface area contributed by atoms with E-state index in [0.717, 1.165) is 0 Å². The lowest BCUT2D eigenvalue weighted by Gasteiger charge is -1.96. The Morgan fingerprint density at radius 2 is 2.11 bits per heavy atom. The van der Waals surface area contributed by atoms with Crippen molar-refractivity contribution in [2.75, 3.05) is 5.43 Å². The first-order valence-electron chi connectivity index (χ1n) is 2.20. The van der Waals surface area contributed by atoms with Gasteiger partial charge in [0.25, 0.3) is 0 Å². The summed E-state index contributed by atoms with van der Waals surface area (Å²) in [5, 5.41) is 6.84. The maximum Gasteiger partial charge on any atom is 0.331 e. The Kier molecular flexibility index (Phi) is 1.31. The summed E-state index contributed by atoms with van der Waals surface area (Å²) in [4.78, 5) is 10.1. The van der Waals surface area contributed by atoms with E-state index in [1.165, 1.54) is 17.3 Å². The lowest BCUT2D eigenvalue weighted by molar-refractivity contribution is 0.257. The summed E-state index contributed by atoms with van der Waals surface area (Å²) in [6.07, 6.45) is 2.65. The van der Waals surface area contributed by atoms with Crippen LogP contribution in [0.4, 0.5) is 4.79 Å². The third kappa shape index (κ3) is 1.41. The van der Waals surface area contributed by atoms with Crippen molar-refractivity contribution in [1.82, 2.24) is 14.9 Å². The summed E-state index contributed by atoms with van der Waals surface area (Å²) in [7, 11) is 0. The van der Waals surface area contributed by atoms with E-state index in [1.54, 1.807) is 0 Å². The van der Waals surface area contributed by atoms with Gasteiger partial charge in [0.05, 0.1) is 0 Å². The fourth-order valence-electron chi connectivity index (χ4n) is 0.386. The summed E-state index contributed by atoms with van der Waals surface area (Å²) in [5.41, 5.74) is 6.97. The van der Waals surface area contributed by atoms with Gasteiger partial charge in [0.1, 0.15) is 12.7 Å². The molecule has 0 saturated carbocycles. The molecule has 0 atom stereocenters. The lowest BCUT2D eigenvalue weighted by Crippen LogP contribution is -2.26. The van der Waals surface area contributed by atoms with Crippen LogP contribution < -0.4 is 11.2 Å². The highest BCUT2D eigenvalue weighted by Crippen LogP contribution is 1.72. The monoisotopic (exact) mass is 127 g/mol. The molecule has 48 valence electrons. The van der Waals surface area contributed by atoms with Gasteiger partial charge < -0.3 is 5.73 Å². The van der Waals surface area contributed by atoms with Crippen molar-refractivity contribution in [3.63, 3.8) is 0 Å². The summed E-state index contributed by atoms with van der Waals surface area (Å²) < 4.78 is 1.25. The van der Waals surface area contributed by atoms with Crippen molar-refractivity contribution in [2.24, 2.45) is 5.73 Å². The van der Waals surface area contributed by atoms with Crippen molar-refractivity contribution in [2.45, 2.75) is 0 Å². The molecule has 0 saturated heterocycles. The summed E-state index contributed by atoms with van der Waals surface area (Å²) in [5.74, 6) is 0. The Bertz CT molecular complexity index is 192. The Hall–Kier alpha value is -1.59. The first-order chi connectivity index (χ1) is 4.29. The minimum absolute atomic E-state index is 0.644. The maximum atomic E-state index is 10.1. The van der Waals surface area contributed by atoms with Crippen LogP contribution in [-0.2, 0) is 0 Å². The Morgan fingerprint density at radius 3 is 2.56 bits per heavy atom. The molecule has 0 radical (unpaired) electrons. The normalized spacial score (nSPS) is 8.89. The summed E-state index contributed by atoms with van der Waals surface area (Å²) in [6, 6.07) is -0.644. The number of carbonyl (C=O) groups is 1. The van der Waals surface area contributed by atoms with Crippen LogP contribution in [0.5, 0.6) is 0 Å². The predicted octanol–water partition coefficient (Wildman–Crippen LogP) is -1.10. The molecular weight excluding hydrogens is 122 g/mol. The topological polar surface area (TPSA) is 85.8 Å². The maximum absolute atomic E-state index is 10.1. The fraction of sp³-hybridized carbons (Fsp3) is 0. The average molecular weight is 127 g/mol. The Morgan fingerprint density at radius 1 is 1.56 bits per heavy atom. The smallest absolute Gasteiger partial charge is 0.331 e. The highest BCUT2D eigenvalue weighted by atomic mass is 16.2. The molecule has 1 heterocycles. The number of urea groups is 1. The summed E-state index contributed by atoms with van der Waals surface area (Å²) >= 11 is 0. The predicted molar refractivity (Wildman–Crippen MR) is 29.0 cm³/mol. The van der Waals surface area contributed by atoms with Crippen LogP contribution in [0.25, 0.3) is 0 Å².